The number of phenolic OH excluding ortho intramolecular Hbond substituents is 1. The fraction of sp³-hybridized carbons (Fsp3) is 0.100. The van der Waals surface area contributed by atoms with Crippen molar-refractivity contribution in [1.82, 2.24) is 0 Å². The summed E-state index contributed by atoms with van der Waals surface area (Å²) in [6.07, 6.45) is 0.00709. The lowest BCUT2D eigenvalue weighted by molar-refractivity contribution is -0.141. The highest BCUT2D eigenvalue weighted by atomic mass is 19.3. The first-order valence-corrected chi connectivity index (χ1v) is 7.17. The molecule has 0 aliphatic heterocycles. The van der Waals surface area contributed by atoms with Crippen molar-refractivity contribution in [1.29, 1.82) is 0 Å². The molecule has 132 valence electrons. The Hall–Kier alpha value is -2.95. The van der Waals surface area contributed by atoms with Gasteiger partial charge in [0, 0.05) is 0 Å². The first-order chi connectivity index (χ1) is 11.5. The molecular formula is C20H19F3O2. The first-order valence-electron chi connectivity index (χ1n) is 7.17. The minimum absolute atomic E-state index is 0.108. The van der Waals surface area contributed by atoms with Crippen molar-refractivity contribution in [3.63, 3.8) is 0 Å². The lowest BCUT2D eigenvalue weighted by Gasteiger charge is -2.19. The topological polar surface area (TPSA) is 29.5 Å². The van der Waals surface area contributed by atoms with Crippen molar-refractivity contribution in [2.45, 2.75) is 13.0 Å². The summed E-state index contributed by atoms with van der Waals surface area (Å²) in [7, 11) is 0. The van der Waals surface area contributed by atoms with Gasteiger partial charge < -0.3 is 9.84 Å². The molecule has 1 rings (SSSR count). The number of phenols is 1. The standard InChI is InChI=1S/C20H19F3O2/c1-13(2)6-7-14(3)15(4)12-19(21)16(5)20(22,23)25-18-10-8-17(24)9-11-18/h6-12,24H,1,3-5H2,2H3/b7-6-,19-12+. The summed E-state index contributed by atoms with van der Waals surface area (Å²) in [5.41, 5.74) is 0.0420. The summed E-state index contributed by atoms with van der Waals surface area (Å²) in [6, 6.07) is 4.59. The molecule has 0 bridgehead atoms. The van der Waals surface area contributed by atoms with Crippen molar-refractivity contribution in [2.24, 2.45) is 0 Å². The van der Waals surface area contributed by atoms with Crippen molar-refractivity contribution in [2.75, 3.05) is 0 Å². The van der Waals surface area contributed by atoms with Gasteiger partial charge in [0.15, 0.2) is 0 Å². The Bertz CT molecular complexity index is 754. The number of rotatable bonds is 8. The number of aromatic hydroxyl groups is 1. The molecule has 0 spiro atoms. The van der Waals surface area contributed by atoms with Crippen LogP contribution in [0.25, 0.3) is 0 Å². The molecule has 0 fully saturated rings. The number of hydrogen-bond donors (Lipinski definition) is 1. The third-order valence-electron chi connectivity index (χ3n) is 3.00. The van der Waals surface area contributed by atoms with Gasteiger partial charge in [0.1, 0.15) is 17.3 Å². The molecule has 1 aromatic carbocycles. The van der Waals surface area contributed by atoms with E-state index in [0.717, 1.165) is 23.8 Å². The maximum absolute atomic E-state index is 14.1. The average molecular weight is 348 g/mol. The fourth-order valence-electron chi connectivity index (χ4n) is 1.55. The molecule has 25 heavy (non-hydrogen) atoms. The number of hydrogen-bond acceptors (Lipinski definition) is 2. The fourth-order valence-corrected chi connectivity index (χ4v) is 1.55. The van der Waals surface area contributed by atoms with Crippen molar-refractivity contribution in [3.05, 3.63) is 96.9 Å². The van der Waals surface area contributed by atoms with Gasteiger partial charge >= 0.3 is 6.11 Å². The van der Waals surface area contributed by atoms with Crippen LogP contribution in [0.4, 0.5) is 13.2 Å². The lowest BCUT2D eigenvalue weighted by atomic mass is 10.1. The number of alkyl halides is 2. The highest BCUT2D eigenvalue weighted by Crippen LogP contribution is 2.33. The summed E-state index contributed by atoms with van der Waals surface area (Å²) < 4.78 is 46.6. The van der Waals surface area contributed by atoms with Gasteiger partial charge in [-0.1, -0.05) is 44.0 Å². The van der Waals surface area contributed by atoms with Crippen LogP contribution in [-0.4, -0.2) is 11.2 Å². The van der Waals surface area contributed by atoms with E-state index < -0.39 is 17.5 Å². The molecule has 5 heteroatoms. The Morgan fingerprint density at radius 3 is 2.12 bits per heavy atom. The summed E-state index contributed by atoms with van der Waals surface area (Å²) in [6.45, 7) is 15.7. The Labute approximate surface area is 145 Å². The molecule has 0 radical (unpaired) electrons. The molecule has 0 saturated carbocycles. The van der Waals surface area contributed by atoms with Crippen LogP contribution in [0.2, 0.25) is 0 Å². The highest BCUT2D eigenvalue weighted by Gasteiger charge is 2.38. The Kier molecular flexibility index (Phi) is 6.62. The van der Waals surface area contributed by atoms with E-state index in [1.165, 1.54) is 12.1 Å². The molecule has 0 heterocycles. The largest absolute Gasteiger partial charge is 0.508 e. The van der Waals surface area contributed by atoms with E-state index >= 15 is 0 Å². The summed E-state index contributed by atoms with van der Waals surface area (Å²) >= 11 is 0. The molecule has 0 aromatic heterocycles. The highest BCUT2D eigenvalue weighted by molar-refractivity contribution is 5.47. The SMILES string of the molecule is C=C(C)/C=C\C(=C)C(=C)/C=C(/F)C(=C)C(F)(F)Oc1ccc(O)cc1. The minimum atomic E-state index is -3.98. The molecule has 1 N–H and O–H groups in total. The van der Waals surface area contributed by atoms with Gasteiger partial charge in [-0.25, -0.2) is 4.39 Å². The van der Waals surface area contributed by atoms with Crippen molar-refractivity contribution < 1.29 is 23.0 Å². The first kappa shape index (κ1) is 20.1. The maximum atomic E-state index is 14.1. The van der Waals surface area contributed by atoms with Gasteiger partial charge in [0.05, 0.1) is 5.57 Å². The predicted octanol–water partition coefficient (Wildman–Crippen LogP) is 6.02. The van der Waals surface area contributed by atoms with Crippen LogP contribution in [0, 0.1) is 0 Å². The van der Waals surface area contributed by atoms with E-state index in [2.05, 4.69) is 31.1 Å². The Morgan fingerprint density at radius 1 is 1.04 bits per heavy atom. The monoisotopic (exact) mass is 348 g/mol. The molecule has 0 unspecified atom stereocenters. The molecule has 0 amide bonds. The molecule has 0 atom stereocenters. The zero-order valence-corrected chi connectivity index (χ0v) is 13.9. The normalized spacial score (nSPS) is 12.1. The second-order valence-corrected chi connectivity index (χ2v) is 5.31. The van der Waals surface area contributed by atoms with E-state index in [1.807, 2.05) is 0 Å². The van der Waals surface area contributed by atoms with Gasteiger partial charge in [-0.15, -0.1) is 0 Å². The number of benzene rings is 1. The maximum Gasteiger partial charge on any atom is 0.428 e. The van der Waals surface area contributed by atoms with Crippen LogP contribution >= 0.6 is 0 Å². The van der Waals surface area contributed by atoms with E-state index in [1.54, 1.807) is 19.1 Å². The Morgan fingerprint density at radius 2 is 1.60 bits per heavy atom. The van der Waals surface area contributed by atoms with Crippen molar-refractivity contribution in [3.8, 4) is 11.5 Å². The molecule has 1 aromatic rings. The van der Waals surface area contributed by atoms with Gasteiger partial charge in [-0.05, 0) is 48.4 Å². The van der Waals surface area contributed by atoms with Crippen LogP contribution in [0.1, 0.15) is 6.92 Å². The van der Waals surface area contributed by atoms with Gasteiger partial charge in [-0.3, -0.25) is 0 Å². The zero-order chi connectivity index (χ0) is 19.2. The van der Waals surface area contributed by atoms with Gasteiger partial charge in [0.2, 0.25) is 0 Å². The van der Waals surface area contributed by atoms with Gasteiger partial charge in [-0.2, -0.15) is 8.78 Å². The summed E-state index contributed by atoms with van der Waals surface area (Å²) in [5, 5.41) is 9.12. The second-order valence-electron chi connectivity index (χ2n) is 5.31. The number of halogens is 3. The van der Waals surface area contributed by atoms with E-state index in [-0.39, 0.29) is 17.1 Å². The van der Waals surface area contributed by atoms with E-state index in [4.69, 9.17) is 5.11 Å². The molecule has 0 aliphatic carbocycles. The van der Waals surface area contributed by atoms with Crippen LogP contribution in [0.3, 0.4) is 0 Å². The molecule has 2 nitrogen and oxygen atoms in total. The number of allylic oxidation sites excluding steroid dienone is 6. The Balaban J connectivity index is 2.88. The molecule has 0 aliphatic rings. The predicted molar refractivity (Wildman–Crippen MR) is 94.2 cm³/mol. The molecular weight excluding hydrogens is 329 g/mol. The van der Waals surface area contributed by atoms with Crippen molar-refractivity contribution >= 4 is 0 Å². The quantitative estimate of drug-likeness (QED) is 0.582. The number of ether oxygens (including phenoxy) is 1. The average Bonchev–Trinajstić information content (AvgIpc) is 2.53. The van der Waals surface area contributed by atoms with Crippen LogP contribution in [0.5, 0.6) is 11.5 Å². The molecule has 0 saturated heterocycles. The third-order valence-corrected chi connectivity index (χ3v) is 3.00. The van der Waals surface area contributed by atoms with E-state index in [0.29, 0.717) is 5.57 Å². The van der Waals surface area contributed by atoms with Crippen LogP contribution < -0.4 is 4.74 Å². The van der Waals surface area contributed by atoms with Crippen LogP contribution in [0.15, 0.2) is 96.9 Å². The van der Waals surface area contributed by atoms with Crippen LogP contribution in [-0.2, 0) is 0 Å². The summed E-state index contributed by atoms with van der Waals surface area (Å²) in [4.78, 5) is 0. The smallest absolute Gasteiger partial charge is 0.428 e. The van der Waals surface area contributed by atoms with E-state index in [9.17, 15) is 13.2 Å². The van der Waals surface area contributed by atoms with Gasteiger partial charge in [0.25, 0.3) is 0 Å². The zero-order valence-electron chi connectivity index (χ0n) is 13.9. The summed E-state index contributed by atoms with van der Waals surface area (Å²) in [5.74, 6) is -1.64. The minimum Gasteiger partial charge on any atom is -0.508 e. The third kappa shape index (κ3) is 6.22. The second kappa shape index (κ2) is 8.24. The lowest BCUT2D eigenvalue weighted by Crippen LogP contribution is -2.27.